The average Bonchev–Trinajstić information content (AvgIpc) is 2.83. The van der Waals surface area contributed by atoms with Crippen molar-refractivity contribution >= 4 is 0 Å². The summed E-state index contributed by atoms with van der Waals surface area (Å²) in [7, 11) is 0. The van der Waals surface area contributed by atoms with E-state index in [0.717, 1.165) is 17.8 Å². The fourth-order valence-electron chi connectivity index (χ4n) is 4.93. The van der Waals surface area contributed by atoms with E-state index >= 15 is 0 Å². The molecule has 4 atom stereocenters. The molecule has 106 valence electrons. The maximum absolute atomic E-state index is 2.75. The van der Waals surface area contributed by atoms with Gasteiger partial charge in [-0.1, -0.05) is 31.9 Å². The number of fused-ring (bicyclic) bond motifs is 2. The highest BCUT2D eigenvalue weighted by Gasteiger charge is 2.36. The molecule has 1 heteroatoms. The zero-order valence-corrected chi connectivity index (χ0v) is 13.3. The summed E-state index contributed by atoms with van der Waals surface area (Å²) in [4.78, 5) is 2.75. The Kier molecular flexibility index (Phi) is 3.37. The Bertz CT molecular complexity index is 433. The minimum Gasteiger partial charge on any atom is -0.296 e. The lowest BCUT2D eigenvalue weighted by atomic mass is 9.85. The monoisotopic (exact) mass is 259 g/mol. The normalized spacial score (nSPS) is 37.4. The van der Waals surface area contributed by atoms with Crippen LogP contribution in [0.15, 0.2) is 22.3 Å². The smallest absolute Gasteiger partial charge is 0.0322 e. The van der Waals surface area contributed by atoms with Crippen LogP contribution in [0.5, 0.6) is 0 Å². The molecule has 0 spiro atoms. The maximum atomic E-state index is 2.75. The summed E-state index contributed by atoms with van der Waals surface area (Å²) < 4.78 is 0. The van der Waals surface area contributed by atoms with Crippen LogP contribution in [0.2, 0.25) is 0 Å². The van der Waals surface area contributed by atoms with Crippen LogP contribution in [0, 0.1) is 17.8 Å². The molecule has 1 saturated heterocycles. The number of hydrogen-bond donors (Lipinski definition) is 0. The fraction of sp³-hybridized carbons (Fsp3) is 0.778. The Morgan fingerprint density at radius 3 is 2.26 bits per heavy atom. The molecule has 0 radical (unpaired) electrons. The van der Waals surface area contributed by atoms with E-state index in [1.165, 1.54) is 32.4 Å². The van der Waals surface area contributed by atoms with E-state index in [9.17, 15) is 0 Å². The molecule has 0 amide bonds. The van der Waals surface area contributed by atoms with E-state index in [0.29, 0.717) is 6.04 Å². The molecule has 2 fully saturated rings. The number of nitrogens with zero attached hydrogens (tertiary/aromatic N) is 1. The summed E-state index contributed by atoms with van der Waals surface area (Å²) in [5, 5.41) is 0. The highest BCUT2D eigenvalue weighted by Crippen LogP contribution is 2.49. The second-order valence-electron chi connectivity index (χ2n) is 7.53. The van der Waals surface area contributed by atoms with Crippen LogP contribution >= 0.6 is 0 Å². The second kappa shape index (κ2) is 4.77. The molecule has 3 rings (SSSR count). The largest absolute Gasteiger partial charge is 0.296 e. The summed E-state index contributed by atoms with van der Waals surface area (Å²) >= 11 is 0. The third-order valence-corrected chi connectivity index (χ3v) is 5.68. The number of allylic oxidation sites excluding steroid dienone is 2. The Labute approximate surface area is 118 Å². The SMILES string of the molecule is CC1=C2CC(=C1C(C)N1CC(C)CC(C)C1)CC2C. The van der Waals surface area contributed by atoms with Crippen LogP contribution in [-0.2, 0) is 0 Å². The van der Waals surface area contributed by atoms with E-state index in [4.69, 9.17) is 0 Å². The maximum Gasteiger partial charge on any atom is 0.0322 e. The van der Waals surface area contributed by atoms with E-state index in [2.05, 4.69) is 39.5 Å². The van der Waals surface area contributed by atoms with Crippen LogP contribution in [0.3, 0.4) is 0 Å². The van der Waals surface area contributed by atoms with E-state index in [1.54, 1.807) is 22.3 Å². The topological polar surface area (TPSA) is 3.24 Å². The van der Waals surface area contributed by atoms with Crippen LogP contribution < -0.4 is 0 Å². The van der Waals surface area contributed by atoms with Gasteiger partial charge in [-0.15, -0.1) is 0 Å². The quantitative estimate of drug-likeness (QED) is 0.710. The molecule has 2 aliphatic carbocycles. The molecule has 0 aromatic heterocycles. The molecule has 0 N–H and O–H groups in total. The van der Waals surface area contributed by atoms with Gasteiger partial charge in [0.25, 0.3) is 0 Å². The molecule has 1 nitrogen and oxygen atoms in total. The Morgan fingerprint density at radius 2 is 1.74 bits per heavy atom. The van der Waals surface area contributed by atoms with Crippen molar-refractivity contribution in [2.45, 2.75) is 59.9 Å². The van der Waals surface area contributed by atoms with Crippen molar-refractivity contribution in [2.24, 2.45) is 17.8 Å². The van der Waals surface area contributed by atoms with Crippen LogP contribution in [0.1, 0.15) is 53.9 Å². The van der Waals surface area contributed by atoms with Gasteiger partial charge in [-0.05, 0) is 62.0 Å². The molecular formula is C18H29N. The molecule has 0 aromatic carbocycles. The molecule has 1 heterocycles. The van der Waals surface area contributed by atoms with E-state index in [-0.39, 0.29) is 0 Å². The molecule has 3 aliphatic rings. The minimum atomic E-state index is 0.644. The lowest BCUT2D eigenvalue weighted by Crippen LogP contribution is -2.45. The van der Waals surface area contributed by atoms with Gasteiger partial charge in [0.15, 0.2) is 0 Å². The molecule has 0 aromatic rings. The van der Waals surface area contributed by atoms with Gasteiger partial charge in [0.2, 0.25) is 0 Å². The molecule has 19 heavy (non-hydrogen) atoms. The molecule has 2 bridgehead atoms. The third-order valence-electron chi connectivity index (χ3n) is 5.68. The van der Waals surface area contributed by atoms with E-state index < -0.39 is 0 Å². The Balaban J connectivity index is 1.80. The molecule has 1 aliphatic heterocycles. The second-order valence-corrected chi connectivity index (χ2v) is 7.53. The first kappa shape index (κ1) is 13.4. The van der Waals surface area contributed by atoms with Gasteiger partial charge in [-0.25, -0.2) is 0 Å². The predicted molar refractivity (Wildman–Crippen MR) is 82.1 cm³/mol. The van der Waals surface area contributed by atoms with Crippen molar-refractivity contribution in [3.63, 3.8) is 0 Å². The summed E-state index contributed by atoms with van der Waals surface area (Å²) in [6.45, 7) is 14.6. The molecule has 4 unspecified atom stereocenters. The summed E-state index contributed by atoms with van der Waals surface area (Å²) in [6, 6.07) is 0.644. The Hall–Kier alpha value is -0.560. The zero-order valence-electron chi connectivity index (χ0n) is 13.3. The van der Waals surface area contributed by atoms with Crippen molar-refractivity contribution in [3.05, 3.63) is 22.3 Å². The van der Waals surface area contributed by atoms with Crippen LogP contribution in [0.25, 0.3) is 0 Å². The van der Waals surface area contributed by atoms with Gasteiger partial charge in [0, 0.05) is 19.1 Å². The van der Waals surface area contributed by atoms with Gasteiger partial charge in [0.05, 0.1) is 0 Å². The fourth-order valence-corrected chi connectivity index (χ4v) is 4.93. The highest BCUT2D eigenvalue weighted by molar-refractivity contribution is 5.53. The standard InChI is InChI=1S/C18H29N/c1-11-6-12(2)10-19(9-11)15(5)18-14(4)17-8-16(18)7-13(17)3/h11-13,15H,6-10H2,1-5H3. The van der Waals surface area contributed by atoms with Gasteiger partial charge in [0.1, 0.15) is 0 Å². The number of likely N-dealkylation sites (tertiary alicyclic amines) is 1. The van der Waals surface area contributed by atoms with Gasteiger partial charge in [-0.2, -0.15) is 0 Å². The summed E-state index contributed by atoms with van der Waals surface area (Å²) in [5.41, 5.74) is 6.87. The summed E-state index contributed by atoms with van der Waals surface area (Å²) in [6.07, 6.45) is 4.04. The zero-order chi connectivity index (χ0) is 13.7. The molecular weight excluding hydrogens is 230 g/mol. The number of rotatable bonds is 2. The van der Waals surface area contributed by atoms with Gasteiger partial charge in [-0.3, -0.25) is 4.90 Å². The molecule has 1 saturated carbocycles. The lowest BCUT2D eigenvalue weighted by Gasteiger charge is -2.40. The highest BCUT2D eigenvalue weighted by atomic mass is 15.2. The average molecular weight is 259 g/mol. The predicted octanol–water partition coefficient (Wildman–Crippen LogP) is 4.41. The minimum absolute atomic E-state index is 0.644. The summed E-state index contributed by atoms with van der Waals surface area (Å²) in [5.74, 6) is 2.55. The third kappa shape index (κ3) is 2.20. The van der Waals surface area contributed by atoms with Crippen molar-refractivity contribution in [1.82, 2.24) is 4.90 Å². The van der Waals surface area contributed by atoms with Crippen molar-refractivity contribution < 1.29 is 0 Å². The van der Waals surface area contributed by atoms with Crippen LogP contribution in [-0.4, -0.2) is 24.0 Å². The first-order chi connectivity index (χ1) is 8.97. The van der Waals surface area contributed by atoms with Crippen molar-refractivity contribution in [3.8, 4) is 0 Å². The van der Waals surface area contributed by atoms with Gasteiger partial charge < -0.3 is 0 Å². The van der Waals surface area contributed by atoms with E-state index in [1.807, 2.05) is 0 Å². The first-order valence-electron chi connectivity index (χ1n) is 8.13. The first-order valence-corrected chi connectivity index (χ1v) is 8.13. The van der Waals surface area contributed by atoms with Crippen molar-refractivity contribution in [1.29, 1.82) is 0 Å². The number of hydrogen-bond acceptors (Lipinski definition) is 1. The van der Waals surface area contributed by atoms with Gasteiger partial charge >= 0.3 is 0 Å². The number of piperidine rings is 1. The van der Waals surface area contributed by atoms with Crippen LogP contribution in [0.4, 0.5) is 0 Å². The van der Waals surface area contributed by atoms with Crippen molar-refractivity contribution in [2.75, 3.05) is 13.1 Å². The lowest BCUT2D eigenvalue weighted by molar-refractivity contribution is 0.117. The Morgan fingerprint density at radius 1 is 1.11 bits per heavy atom.